The van der Waals surface area contributed by atoms with Crippen LogP contribution in [0.15, 0.2) is 12.1 Å². The predicted molar refractivity (Wildman–Crippen MR) is 77.3 cm³/mol. The maximum atomic E-state index is 14.0. The lowest BCUT2D eigenvalue weighted by atomic mass is 9.83. The molecule has 3 N–H and O–H groups in total. The van der Waals surface area contributed by atoms with Gasteiger partial charge in [0.25, 0.3) is 0 Å². The van der Waals surface area contributed by atoms with Crippen molar-refractivity contribution in [3.8, 4) is 0 Å². The number of nitrogens with two attached hydrogens (primary N) is 1. The van der Waals surface area contributed by atoms with E-state index in [2.05, 4.69) is 17.0 Å². The first-order valence-electron chi connectivity index (χ1n) is 6.91. The van der Waals surface area contributed by atoms with Crippen LogP contribution in [0.25, 0.3) is 0 Å². The molecule has 0 heterocycles. The Labute approximate surface area is 118 Å². The molecule has 0 saturated heterocycles. The van der Waals surface area contributed by atoms with Crippen molar-refractivity contribution in [2.24, 2.45) is 0 Å². The van der Waals surface area contributed by atoms with Gasteiger partial charge < -0.3 is 15.8 Å². The first kappa shape index (κ1) is 14.6. The van der Waals surface area contributed by atoms with Gasteiger partial charge in [0.1, 0.15) is 5.82 Å². The molecule has 110 valence electrons. The number of nitrogen functional groups attached to an aromatic ring is 1. The summed E-state index contributed by atoms with van der Waals surface area (Å²) in [6.07, 6.45) is 5.46. The SMILES string of the molecule is COC(=O)c1cc(NC2(C)CCCCC2)c(F)cc1N. The molecular weight excluding hydrogens is 259 g/mol. The number of nitrogens with one attached hydrogen (secondary N) is 1. The average molecular weight is 280 g/mol. The molecule has 4 nitrogen and oxygen atoms in total. The van der Waals surface area contributed by atoms with E-state index in [1.807, 2.05) is 0 Å². The highest BCUT2D eigenvalue weighted by atomic mass is 19.1. The Bertz CT molecular complexity index is 511. The number of carbonyl (C=O) groups is 1. The van der Waals surface area contributed by atoms with Crippen molar-refractivity contribution in [2.45, 2.75) is 44.6 Å². The number of hydrogen-bond donors (Lipinski definition) is 2. The van der Waals surface area contributed by atoms with Crippen LogP contribution in [0, 0.1) is 5.82 Å². The molecule has 1 fully saturated rings. The van der Waals surface area contributed by atoms with Gasteiger partial charge in [0.15, 0.2) is 0 Å². The quantitative estimate of drug-likeness (QED) is 0.658. The molecule has 5 heteroatoms. The second-order valence-corrected chi connectivity index (χ2v) is 5.66. The number of esters is 1. The van der Waals surface area contributed by atoms with E-state index in [9.17, 15) is 9.18 Å². The number of benzene rings is 1. The number of halogens is 1. The molecule has 0 bridgehead atoms. The van der Waals surface area contributed by atoms with E-state index in [4.69, 9.17) is 5.73 Å². The van der Waals surface area contributed by atoms with E-state index in [1.54, 1.807) is 0 Å². The summed E-state index contributed by atoms with van der Waals surface area (Å²) in [6.45, 7) is 2.08. The number of methoxy groups -OCH3 is 1. The highest BCUT2D eigenvalue weighted by Gasteiger charge is 2.28. The molecule has 20 heavy (non-hydrogen) atoms. The van der Waals surface area contributed by atoms with E-state index in [-0.39, 0.29) is 16.8 Å². The minimum absolute atomic E-state index is 0.0914. The number of carbonyl (C=O) groups excluding carboxylic acids is 1. The van der Waals surface area contributed by atoms with Gasteiger partial charge in [-0.1, -0.05) is 19.3 Å². The predicted octanol–water partition coefficient (Wildman–Crippen LogP) is 3.33. The molecule has 1 aliphatic rings. The fraction of sp³-hybridized carbons (Fsp3) is 0.533. The van der Waals surface area contributed by atoms with Crippen LogP contribution < -0.4 is 11.1 Å². The molecule has 0 unspecified atom stereocenters. The molecule has 1 saturated carbocycles. The number of anilines is 2. The van der Waals surface area contributed by atoms with Crippen molar-refractivity contribution < 1.29 is 13.9 Å². The van der Waals surface area contributed by atoms with E-state index in [1.165, 1.54) is 25.7 Å². The largest absolute Gasteiger partial charge is 0.465 e. The van der Waals surface area contributed by atoms with Crippen molar-refractivity contribution in [3.05, 3.63) is 23.5 Å². The van der Waals surface area contributed by atoms with Crippen molar-refractivity contribution in [1.29, 1.82) is 0 Å². The Morgan fingerprint density at radius 2 is 2.00 bits per heavy atom. The van der Waals surface area contributed by atoms with Crippen molar-refractivity contribution in [2.75, 3.05) is 18.2 Å². The first-order chi connectivity index (χ1) is 9.45. The summed E-state index contributed by atoms with van der Waals surface area (Å²) in [5.74, 6) is -0.999. The van der Waals surface area contributed by atoms with Gasteiger partial charge in [0.05, 0.1) is 18.4 Å². The Kier molecular flexibility index (Phi) is 4.16. The molecule has 2 rings (SSSR count). The zero-order valence-corrected chi connectivity index (χ0v) is 12.0. The van der Waals surface area contributed by atoms with Gasteiger partial charge in [0.2, 0.25) is 0 Å². The molecular formula is C15H21FN2O2. The smallest absolute Gasteiger partial charge is 0.340 e. The van der Waals surface area contributed by atoms with Crippen LogP contribution in [0.4, 0.5) is 15.8 Å². The Balaban J connectivity index is 2.29. The monoisotopic (exact) mass is 280 g/mol. The van der Waals surface area contributed by atoms with Gasteiger partial charge in [-0.3, -0.25) is 0 Å². The van der Waals surface area contributed by atoms with Crippen LogP contribution in [-0.4, -0.2) is 18.6 Å². The summed E-state index contributed by atoms with van der Waals surface area (Å²) in [5, 5.41) is 3.23. The molecule has 1 aromatic carbocycles. The summed E-state index contributed by atoms with van der Waals surface area (Å²) in [7, 11) is 1.28. The van der Waals surface area contributed by atoms with Gasteiger partial charge in [-0.15, -0.1) is 0 Å². The summed E-state index contributed by atoms with van der Waals surface area (Å²) < 4.78 is 18.7. The van der Waals surface area contributed by atoms with Crippen LogP contribution in [0.1, 0.15) is 49.4 Å². The fourth-order valence-electron chi connectivity index (χ4n) is 2.75. The number of ether oxygens (including phenoxy) is 1. The van der Waals surface area contributed by atoms with Gasteiger partial charge in [-0.05, 0) is 31.9 Å². The topological polar surface area (TPSA) is 64.3 Å². The van der Waals surface area contributed by atoms with Crippen LogP contribution in [0.5, 0.6) is 0 Å². The lowest BCUT2D eigenvalue weighted by Crippen LogP contribution is -2.37. The van der Waals surface area contributed by atoms with Crippen LogP contribution in [0.2, 0.25) is 0 Å². The summed E-state index contributed by atoms with van der Waals surface area (Å²) >= 11 is 0. The van der Waals surface area contributed by atoms with Crippen molar-refractivity contribution in [1.82, 2.24) is 0 Å². The first-order valence-corrected chi connectivity index (χ1v) is 6.91. The average Bonchev–Trinajstić information content (AvgIpc) is 2.41. The lowest BCUT2D eigenvalue weighted by molar-refractivity contribution is 0.0602. The molecule has 0 atom stereocenters. The van der Waals surface area contributed by atoms with E-state index in [0.717, 1.165) is 25.7 Å². The van der Waals surface area contributed by atoms with Crippen molar-refractivity contribution >= 4 is 17.3 Å². The summed E-state index contributed by atoms with van der Waals surface area (Å²) in [5.41, 5.74) is 6.12. The van der Waals surface area contributed by atoms with Gasteiger partial charge in [-0.2, -0.15) is 0 Å². The van der Waals surface area contributed by atoms with E-state index in [0.29, 0.717) is 5.69 Å². The molecule has 1 aliphatic carbocycles. The third kappa shape index (κ3) is 3.03. The number of rotatable bonds is 3. The molecule has 0 aliphatic heterocycles. The summed E-state index contributed by atoms with van der Waals surface area (Å²) in [4.78, 5) is 11.6. The standard InChI is InChI=1S/C15H21FN2O2/c1-15(6-4-3-5-7-15)18-13-8-10(14(19)20-2)12(17)9-11(13)16/h8-9,18H,3-7,17H2,1-2H3. The minimum atomic E-state index is -0.556. The molecule has 1 aromatic rings. The Hall–Kier alpha value is -1.78. The third-order valence-electron chi connectivity index (χ3n) is 3.94. The molecule has 0 amide bonds. The molecule has 0 spiro atoms. The second-order valence-electron chi connectivity index (χ2n) is 5.66. The highest BCUT2D eigenvalue weighted by molar-refractivity contribution is 5.96. The fourth-order valence-corrected chi connectivity index (χ4v) is 2.75. The Morgan fingerprint density at radius 3 is 2.60 bits per heavy atom. The van der Waals surface area contributed by atoms with Gasteiger partial charge in [-0.25, -0.2) is 9.18 Å². The van der Waals surface area contributed by atoms with Crippen LogP contribution >= 0.6 is 0 Å². The van der Waals surface area contributed by atoms with Crippen molar-refractivity contribution in [3.63, 3.8) is 0 Å². The Morgan fingerprint density at radius 1 is 1.35 bits per heavy atom. The van der Waals surface area contributed by atoms with Crippen LogP contribution in [0.3, 0.4) is 0 Å². The zero-order valence-electron chi connectivity index (χ0n) is 12.0. The number of hydrogen-bond acceptors (Lipinski definition) is 4. The normalized spacial score (nSPS) is 17.6. The third-order valence-corrected chi connectivity index (χ3v) is 3.94. The van der Waals surface area contributed by atoms with Gasteiger partial charge in [0, 0.05) is 11.2 Å². The van der Waals surface area contributed by atoms with E-state index < -0.39 is 11.8 Å². The van der Waals surface area contributed by atoms with E-state index >= 15 is 0 Å². The lowest BCUT2D eigenvalue weighted by Gasteiger charge is -2.35. The highest BCUT2D eigenvalue weighted by Crippen LogP contribution is 2.33. The second kappa shape index (κ2) is 5.69. The maximum Gasteiger partial charge on any atom is 0.340 e. The molecule has 0 radical (unpaired) electrons. The summed E-state index contributed by atoms with van der Waals surface area (Å²) in [6, 6.07) is 2.61. The minimum Gasteiger partial charge on any atom is -0.465 e. The zero-order chi connectivity index (χ0) is 14.8. The maximum absolute atomic E-state index is 14.0. The van der Waals surface area contributed by atoms with Crippen LogP contribution in [-0.2, 0) is 4.74 Å². The van der Waals surface area contributed by atoms with Gasteiger partial charge >= 0.3 is 5.97 Å². The molecule has 0 aromatic heterocycles.